The maximum Gasteiger partial charge on any atom is 0.417 e. The van der Waals surface area contributed by atoms with Crippen LogP contribution in [0.15, 0.2) is 72.4 Å². The molecule has 1 amide bonds. The standard InChI is InChI=1S/C25H15ClF3N3O3S/c26-18-3-1-2-17(25(27,28)29)21(18)23(33)32-19-10-15(20-11-31-12-36-20)8-9-16(19)22(30)13-4-6-14(7-5-13)24(34)35/h1-12,30H,(H,32,33)(H,34,35). The van der Waals surface area contributed by atoms with Gasteiger partial charge in [0, 0.05) is 17.3 Å². The van der Waals surface area contributed by atoms with E-state index in [1.54, 1.807) is 23.8 Å². The Morgan fingerprint density at radius 3 is 2.33 bits per heavy atom. The lowest BCUT2D eigenvalue weighted by atomic mass is 9.97. The van der Waals surface area contributed by atoms with Crippen LogP contribution in [-0.2, 0) is 6.18 Å². The lowest BCUT2D eigenvalue weighted by Gasteiger charge is -2.17. The number of benzene rings is 3. The van der Waals surface area contributed by atoms with E-state index in [0.29, 0.717) is 11.1 Å². The highest BCUT2D eigenvalue weighted by atomic mass is 35.5. The second kappa shape index (κ2) is 9.92. The molecule has 0 spiro atoms. The summed E-state index contributed by atoms with van der Waals surface area (Å²) in [6, 6.07) is 13.4. The van der Waals surface area contributed by atoms with Crippen LogP contribution in [0.2, 0.25) is 5.02 Å². The molecule has 0 aliphatic carbocycles. The maximum absolute atomic E-state index is 13.6. The summed E-state index contributed by atoms with van der Waals surface area (Å²) in [5.74, 6) is -2.22. The molecule has 182 valence electrons. The molecule has 4 aromatic rings. The molecule has 0 aliphatic rings. The summed E-state index contributed by atoms with van der Waals surface area (Å²) >= 11 is 7.31. The van der Waals surface area contributed by atoms with Gasteiger partial charge in [-0.05, 0) is 35.9 Å². The zero-order chi connectivity index (χ0) is 26.0. The summed E-state index contributed by atoms with van der Waals surface area (Å²) in [4.78, 5) is 29.0. The predicted octanol–water partition coefficient (Wildman–Crippen LogP) is 6.85. The normalized spacial score (nSPS) is 11.2. The Morgan fingerprint density at radius 2 is 1.72 bits per heavy atom. The van der Waals surface area contributed by atoms with Crippen LogP contribution in [-0.4, -0.2) is 27.7 Å². The topological polar surface area (TPSA) is 103 Å². The first-order valence-corrected chi connectivity index (χ1v) is 11.4. The summed E-state index contributed by atoms with van der Waals surface area (Å²) in [6.45, 7) is 0. The quantitative estimate of drug-likeness (QED) is 0.238. The van der Waals surface area contributed by atoms with Crippen molar-refractivity contribution in [3.63, 3.8) is 0 Å². The molecule has 3 N–H and O–H groups in total. The van der Waals surface area contributed by atoms with Crippen LogP contribution >= 0.6 is 22.9 Å². The third-order valence-corrected chi connectivity index (χ3v) is 6.36. The summed E-state index contributed by atoms with van der Waals surface area (Å²) in [6.07, 6.45) is -3.22. The van der Waals surface area contributed by atoms with Crippen molar-refractivity contribution < 1.29 is 27.9 Å². The monoisotopic (exact) mass is 529 g/mol. The number of amides is 1. The van der Waals surface area contributed by atoms with Crippen LogP contribution in [0.25, 0.3) is 10.4 Å². The number of halogens is 4. The SMILES string of the molecule is N=C(c1ccc(C(=O)O)cc1)c1ccc(-c2cncs2)cc1NC(=O)c1c(Cl)cccc1C(F)(F)F. The molecule has 6 nitrogen and oxygen atoms in total. The van der Waals surface area contributed by atoms with Crippen LogP contribution in [0.1, 0.15) is 37.4 Å². The highest BCUT2D eigenvalue weighted by Crippen LogP contribution is 2.36. The number of carbonyl (C=O) groups excluding carboxylic acids is 1. The second-order valence-corrected chi connectivity index (χ2v) is 8.79. The van der Waals surface area contributed by atoms with Gasteiger partial charge in [-0.3, -0.25) is 15.2 Å². The minimum atomic E-state index is -4.82. The van der Waals surface area contributed by atoms with Crippen molar-refractivity contribution in [2.75, 3.05) is 5.32 Å². The second-order valence-electron chi connectivity index (χ2n) is 7.50. The van der Waals surface area contributed by atoms with Gasteiger partial charge in [-0.1, -0.05) is 41.9 Å². The van der Waals surface area contributed by atoms with E-state index in [1.165, 1.54) is 47.7 Å². The van der Waals surface area contributed by atoms with Crippen molar-refractivity contribution in [3.05, 3.63) is 105 Å². The minimum Gasteiger partial charge on any atom is -0.478 e. The number of rotatable bonds is 6. The van der Waals surface area contributed by atoms with Gasteiger partial charge in [0.1, 0.15) is 0 Å². The van der Waals surface area contributed by atoms with Gasteiger partial charge in [-0.15, -0.1) is 11.3 Å². The molecule has 1 heterocycles. The molecular formula is C25H15ClF3N3O3S. The van der Waals surface area contributed by atoms with E-state index in [1.807, 2.05) is 0 Å². The Balaban J connectivity index is 1.79. The van der Waals surface area contributed by atoms with E-state index in [0.717, 1.165) is 17.0 Å². The lowest BCUT2D eigenvalue weighted by molar-refractivity contribution is -0.137. The molecule has 0 fully saturated rings. The Bertz CT molecular complexity index is 1470. The van der Waals surface area contributed by atoms with Crippen LogP contribution in [0.3, 0.4) is 0 Å². The van der Waals surface area contributed by atoms with Crippen LogP contribution < -0.4 is 5.32 Å². The lowest BCUT2D eigenvalue weighted by Crippen LogP contribution is -2.20. The van der Waals surface area contributed by atoms with Crippen molar-refractivity contribution in [3.8, 4) is 10.4 Å². The fourth-order valence-electron chi connectivity index (χ4n) is 3.49. The number of thiazole rings is 1. The first kappa shape index (κ1) is 25.1. The number of carboxylic acids is 1. The molecule has 3 aromatic carbocycles. The number of aromatic carboxylic acids is 1. The number of nitrogens with one attached hydrogen (secondary N) is 2. The zero-order valence-electron chi connectivity index (χ0n) is 18.1. The molecular weight excluding hydrogens is 515 g/mol. The minimum absolute atomic E-state index is 0.0269. The largest absolute Gasteiger partial charge is 0.478 e. The third kappa shape index (κ3) is 5.14. The van der Waals surface area contributed by atoms with E-state index in [4.69, 9.17) is 22.1 Å². The van der Waals surface area contributed by atoms with Gasteiger partial charge < -0.3 is 10.4 Å². The highest BCUT2D eigenvalue weighted by molar-refractivity contribution is 7.13. The van der Waals surface area contributed by atoms with E-state index in [2.05, 4.69) is 10.3 Å². The fraction of sp³-hybridized carbons (Fsp3) is 0.0400. The van der Waals surface area contributed by atoms with E-state index >= 15 is 0 Å². The van der Waals surface area contributed by atoms with Gasteiger partial charge >= 0.3 is 12.1 Å². The van der Waals surface area contributed by atoms with Gasteiger partial charge in [0.2, 0.25) is 0 Å². The average molecular weight is 530 g/mol. The number of alkyl halides is 3. The third-order valence-electron chi connectivity index (χ3n) is 5.22. The van der Waals surface area contributed by atoms with Crippen LogP contribution in [0.5, 0.6) is 0 Å². The van der Waals surface area contributed by atoms with Gasteiger partial charge in [-0.25, -0.2) is 4.79 Å². The molecule has 36 heavy (non-hydrogen) atoms. The molecule has 11 heteroatoms. The first-order chi connectivity index (χ1) is 17.1. The number of hydrogen-bond donors (Lipinski definition) is 3. The fourth-order valence-corrected chi connectivity index (χ4v) is 4.37. The number of anilines is 1. The van der Waals surface area contributed by atoms with E-state index < -0.39 is 29.2 Å². The number of hydrogen-bond acceptors (Lipinski definition) is 5. The van der Waals surface area contributed by atoms with Crippen molar-refractivity contribution >= 4 is 46.2 Å². The number of carbonyl (C=O) groups is 2. The summed E-state index contributed by atoms with van der Waals surface area (Å²) in [7, 11) is 0. The van der Waals surface area contributed by atoms with Crippen molar-refractivity contribution in [2.24, 2.45) is 0 Å². The Kier molecular flexibility index (Phi) is 6.91. The summed E-state index contributed by atoms with van der Waals surface area (Å²) in [5, 5.41) is 19.9. The van der Waals surface area contributed by atoms with E-state index in [-0.39, 0.29) is 27.5 Å². The first-order valence-electron chi connectivity index (χ1n) is 10.2. The molecule has 0 aliphatic heterocycles. The van der Waals surface area contributed by atoms with Gasteiger partial charge in [0.25, 0.3) is 5.91 Å². The Morgan fingerprint density at radius 1 is 1.03 bits per heavy atom. The molecule has 0 radical (unpaired) electrons. The molecule has 0 saturated carbocycles. The molecule has 0 saturated heterocycles. The molecule has 0 unspecified atom stereocenters. The predicted molar refractivity (Wildman–Crippen MR) is 131 cm³/mol. The highest BCUT2D eigenvalue weighted by Gasteiger charge is 2.36. The zero-order valence-corrected chi connectivity index (χ0v) is 19.6. The van der Waals surface area contributed by atoms with Gasteiger partial charge in [-0.2, -0.15) is 13.2 Å². The van der Waals surface area contributed by atoms with E-state index in [9.17, 15) is 22.8 Å². The number of nitrogens with zero attached hydrogens (tertiary/aromatic N) is 1. The number of carboxylic acid groups (broad SMARTS) is 1. The molecule has 0 bridgehead atoms. The number of aromatic nitrogens is 1. The summed E-state index contributed by atoms with van der Waals surface area (Å²) in [5.41, 5.74) is 0.881. The van der Waals surface area contributed by atoms with Crippen molar-refractivity contribution in [2.45, 2.75) is 6.18 Å². The van der Waals surface area contributed by atoms with Gasteiger partial charge in [0.15, 0.2) is 0 Å². The molecule has 4 rings (SSSR count). The maximum atomic E-state index is 13.6. The van der Waals surface area contributed by atoms with Crippen molar-refractivity contribution in [1.29, 1.82) is 5.41 Å². The summed E-state index contributed by atoms with van der Waals surface area (Å²) < 4.78 is 40.7. The molecule has 1 aromatic heterocycles. The van der Waals surface area contributed by atoms with Crippen LogP contribution in [0, 0.1) is 5.41 Å². The average Bonchev–Trinajstić information content (AvgIpc) is 3.38. The van der Waals surface area contributed by atoms with Crippen LogP contribution in [0.4, 0.5) is 18.9 Å². The smallest absolute Gasteiger partial charge is 0.417 e. The van der Waals surface area contributed by atoms with Crippen molar-refractivity contribution in [1.82, 2.24) is 4.98 Å². The Labute approximate surface area is 211 Å². The molecule has 0 atom stereocenters. The van der Waals surface area contributed by atoms with Gasteiger partial charge in [0.05, 0.1) is 43.5 Å². The Hall–Kier alpha value is -4.02.